The van der Waals surface area contributed by atoms with Crippen molar-refractivity contribution in [2.45, 2.75) is 40.0 Å². The predicted molar refractivity (Wildman–Crippen MR) is 125 cm³/mol. The Morgan fingerprint density at radius 1 is 1.27 bits per heavy atom. The lowest BCUT2D eigenvalue weighted by atomic mass is 9.99. The maximum absolute atomic E-state index is 12.6. The Labute approximate surface area is 193 Å². The van der Waals surface area contributed by atoms with Gasteiger partial charge in [0.1, 0.15) is 12.2 Å². The van der Waals surface area contributed by atoms with Gasteiger partial charge in [-0.3, -0.25) is 9.59 Å². The Kier molecular flexibility index (Phi) is 10.3. The normalized spacial score (nSPS) is 11.2. The van der Waals surface area contributed by atoms with E-state index in [4.69, 9.17) is 13.9 Å². The first-order chi connectivity index (χ1) is 15.9. The van der Waals surface area contributed by atoms with Crippen LogP contribution < -0.4 is 15.7 Å². The summed E-state index contributed by atoms with van der Waals surface area (Å²) in [4.78, 5) is 38.8. The molecule has 182 valence electrons. The third-order valence-electron chi connectivity index (χ3n) is 5.55. The minimum atomic E-state index is -0.636. The number of nitrogens with one attached hydrogen (secondary N) is 1. The number of rotatable bonds is 14. The third kappa shape index (κ3) is 6.79. The van der Waals surface area contributed by atoms with E-state index in [1.165, 1.54) is 13.2 Å². The van der Waals surface area contributed by atoms with Crippen LogP contribution >= 0.6 is 0 Å². The summed E-state index contributed by atoms with van der Waals surface area (Å²) in [6, 6.07) is 1.53. The molecule has 0 unspecified atom stereocenters. The highest BCUT2D eigenvalue weighted by Crippen LogP contribution is 2.37. The van der Waals surface area contributed by atoms with Crippen LogP contribution in [0.1, 0.15) is 48.2 Å². The Morgan fingerprint density at radius 2 is 2.03 bits per heavy atom. The van der Waals surface area contributed by atoms with Crippen molar-refractivity contribution in [3.8, 4) is 11.5 Å². The Hall–Kier alpha value is -2.91. The maximum atomic E-state index is 12.6. The number of ether oxygens (including phenoxy) is 2. The monoisotopic (exact) mass is 462 g/mol. The van der Waals surface area contributed by atoms with Gasteiger partial charge in [-0.05, 0) is 44.5 Å². The molecule has 0 saturated heterocycles. The number of carbonyl (C=O) groups is 2. The summed E-state index contributed by atoms with van der Waals surface area (Å²) in [5.41, 5.74) is 0.131. The molecule has 0 aliphatic heterocycles. The lowest BCUT2D eigenvalue weighted by Crippen LogP contribution is -2.35. The molecule has 0 bridgehead atoms. The van der Waals surface area contributed by atoms with Crippen LogP contribution in [0, 0.1) is 6.92 Å². The van der Waals surface area contributed by atoms with Gasteiger partial charge in [-0.2, -0.15) is 0 Å². The molecule has 0 saturated carbocycles. The molecule has 9 nitrogen and oxygen atoms in total. The number of hydrogen-bond donors (Lipinski definition) is 2. The molecule has 2 rings (SSSR count). The SMILES string of the molecule is CCCN(CC)CCNC(=O)CCc1c(C)c2cc(OCCOC)c(O)c(C=O)c2oc1=O. The van der Waals surface area contributed by atoms with Crippen LogP contribution in [0.3, 0.4) is 0 Å². The number of fused-ring (bicyclic) bond motifs is 1. The highest BCUT2D eigenvalue weighted by molar-refractivity contribution is 6.00. The second-order valence-corrected chi connectivity index (χ2v) is 7.75. The fraction of sp³-hybridized carbons (Fsp3) is 0.542. The summed E-state index contributed by atoms with van der Waals surface area (Å²) in [6.45, 7) is 9.63. The van der Waals surface area contributed by atoms with Crippen LogP contribution in [-0.2, 0) is 16.0 Å². The predicted octanol–water partition coefficient (Wildman–Crippen LogP) is 2.43. The summed E-state index contributed by atoms with van der Waals surface area (Å²) < 4.78 is 15.8. The van der Waals surface area contributed by atoms with Gasteiger partial charge in [0.2, 0.25) is 5.91 Å². The van der Waals surface area contributed by atoms with Crippen LogP contribution in [-0.4, -0.2) is 68.7 Å². The maximum Gasteiger partial charge on any atom is 0.339 e. The molecule has 1 aromatic carbocycles. The topological polar surface area (TPSA) is 118 Å². The number of aldehydes is 1. The van der Waals surface area contributed by atoms with Gasteiger partial charge < -0.3 is 29.2 Å². The summed E-state index contributed by atoms with van der Waals surface area (Å²) in [5.74, 6) is -0.452. The van der Waals surface area contributed by atoms with Crippen LogP contribution in [0.5, 0.6) is 11.5 Å². The molecular weight excluding hydrogens is 428 g/mol. The van der Waals surface area contributed by atoms with E-state index >= 15 is 0 Å². The standard InChI is InChI=1S/C24H34N2O7/c1-5-10-26(6-2)11-9-25-21(28)8-7-17-16(3)18-14-20(32-13-12-31-4)22(29)19(15-27)23(18)33-24(17)30/h14-15,29H,5-13H2,1-4H3,(H,25,28). The van der Waals surface area contributed by atoms with E-state index in [-0.39, 0.29) is 42.3 Å². The second-order valence-electron chi connectivity index (χ2n) is 7.75. The van der Waals surface area contributed by atoms with Crippen molar-refractivity contribution in [1.29, 1.82) is 0 Å². The van der Waals surface area contributed by atoms with Gasteiger partial charge in [0, 0.05) is 37.6 Å². The van der Waals surface area contributed by atoms with Crippen LogP contribution in [0.15, 0.2) is 15.3 Å². The van der Waals surface area contributed by atoms with Gasteiger partial charge in [-0.1, -0.05) is 13.8 Å². The minimum Gasteiger partial charge on any atom is -0.504 e. The Morgan fingerprint density at radius 3 is 2.67 bits per heavy atom. The Bertz CT molecular complexity index is 1020. The number of benzene rings is 1. The summed E-state index contributed by atoms with van der Waals surface area (Å²) in [6.07, 6.45) is 1.81. The van der Waals surface area contributed by atoms with E-state index in [9.17, 15) is 19.5 Å². The van der Waals surface area contributed by atoms with Crippen molar-refractivity contribution in [1.82, 2.24) is 10.2 Å². The molecule has 0 atom stereocenters. The lowest BCUT2D eigenvalue weighted by molar-refractivity contribution is -0.121. The average Bonchev–Trinajstić information content (AvgIpc) is 2.79. The molecule has 1 amide bonds. The quantitative estimate of drug-likeness (QED) is 0.250. The Balaban J connectivity index is 2.20. The van der Waals surface area contributed by atoms with E-state index in [0.29, 0.717) is 36.0 Å². The number of phenolic OH excluding ortho intramolecular Hbond substituents is 1. The number of hydrogen-bond acceptors (Lipinski definition) is 8. The molecule has 0 spiro atoms. The molecular formula is C24H34N2O7. The van der Waals surface area contributed by atoms with Crippen molar-refractivity contribution < 1.29 is 28.6 Å². The molecule has 2 aromatic rings. The molecule has 33 heavy (non-hydrogen) atoms. The van der Waals surface area contributed by atoms with Crippen molar-refractivity contribution in [2.24, 2.45) is 0 Å². The molecule has 0 fully saturated rings. The van der Waals surface area contributed by atoms with E-state index in [2.05, 4.69) is 24.1 Å². The van der Waals surface area contributed by atoms with Crippen molar-refractivity contribution in [2.75, 3.05) is 46.5 Å². The minimum absolute atomic E-state index is 0.00660. The molecule has 1 aromatic heterocycles. The largest absolute Gasteiger partial charge is 0.504 e. The zero-order chi connectivity index (χ0) is 24.4. The molecule has 2 N–H and O–H groups in total. The van der Waals surface area contributed by atoms with Gasteiger partial charge in [0.15, 0.2) is 23.4 Å². The summed E-state index contributed by atoms with van der Waals surface area (Å²) in [7, 11) is 1.52. The number of aromatic hydroxyl groups is 1. The molecule has 1 heterocycles. The molecule has 9 heteroatoms. The smallest absolute Gasteiger partial charge is 0.339 e. The fourth-order valence-corrected chi connectivity index (χ4v) is 3.68. The van der Waals surface area contributed by atoms with Crippen LogP contribution in [0.25, 0.3) is 11.0 Å². The van der Waals surface area contributed by atoms with Gasteiger partial charge in [-0.15, -0.1) is 0 Å². The number of methoxy groups -OCH3 is 1. The van der Waals surface area contributed by atoms with Gasteiger partial charge >= 0.3 is 5.63 Å². The lowest BCUT2D eigenvalue weighted by Gasteiger charge is -2.19. The highest BCUT2D eigenvalue weighted by Gasteiger charge is 2.21. The van der Waals surface area contributed by atoms with Crippen molar-refractivity contribution >= 4 is 23.2 Å². The highest BCUT2D eigenvalue weighted by atomic mass is 16.5. The molecule has 0 aliphatic rings. The summed E-state index contributed by atoms with van der Waals surface area (Å²) in [5, 5.41) is 13.7. The van der Waals surface area contributed by atoms with E-state index in [0.717, 1.165) is 26.1 Å². The third-order valence-corrected chi connectivity index (χ3v) is 5.55. The first kappa shape index (κ1) is 26.3. The first-order valence-corrected chi connectivity index (χ1v) is 11.3. The van der Waals surface area contributed by atoms with Gasteiger partial charge in [0.25, 0.3) is 0 Å². The van der Waals surface area contributed by atoms with Crippen LogP contribution in [0.4, 0.5) is 0 Å². The van der Waals surface area contributed by atoms with Crippen molar-refractivity contribution in [3.63, 3.8) is 0 Å². The summed E-state index contributed by atoms with van der Waals surface area (Å²) >= 11 is 0. The van der Waals surface area contributed by atoms with Gasteiger partial charge in [-0.25, -0.2) is 4.79 Å². The molecule has 0 radical (unpaired) electrons. The van der Waals surface area contributed by atoms with E-state index < -0.39 is 11.4 Å². The number of likely N-dealkylation sites (N-methyl/N-ethyl adjacent to an activating group) is 1. The van der Waals surface area contributed by atoms with E-state index in [1.54, 1.807) is 6.92 Å². The zero-order valence-corrected chi connectivity index (χ0v) is 19.9. The number of phenols is 1. The van der Waals surface area contributed by atoms with Gasteiger partial charge in [0.05, 0.1) is 6.61 Å². The number of aryl methyl sites for hydroxylation is 1. The second kappa shape index (κ2) is 13.0. The first-order valence-electron chi connectivity index (χ1n) is 11.3. The van der Waals surface area contributed by atoms with Crippen LogP contribution in [0.2, 0.25) is 0 Å². The zero-order valence-electron chi connectivity index (χ0n) is 19.9. The number of nitrogens with zero attached hydrogens (tertiary/aromatic N) is 1. The number of carbonyl (C=O) groups excluding carboxylic acids is 2. The molecule has 0 aliphatic carbocycles. The number of amides is 1. The van der Waals surface area contributed by atoms with Crippen molar-refractivity contribution in [3.05, 3.63) is 33.2 Å². The fourth-order valence-electron chi connectivity index (χ4n) is 3.68. The van der Waals surface area contributed by atoms with E-state index in [1.807, 2.05) is 0 Å². The average molecular weight is 463 g/mol.